The molecule has 0 spiro atoms. The normalized spacial score (nSPS) is 11.3. The zero-order valence-corrected chi connectivity index (χ0v) is 11.7. The summed E-state index contributed by atoms with van der Waals surface area (Å²) in [6, 6.07) is 2.65. The SMILES string of the molecule is Cc1cnccc1NS(=O)(=O)c1cc(C(=O)O)n(C)c1. The monoisotopic (exact) mass is 295 g/mol. The van der Waals surface area contributed by atoms with Crippen molar-refractivity contribution in [3.63, 3.8) is 0 Å². The number of aromatic nitrogens is 2. The fourth-order valence-electron chi connectivity index (χ4n) is 1.69. The molecule has 7 nitrogen and oxygen atoms in total. The lowest BCUT2D eigenvalue weighted by molar-refractivity contribution is 0.0686. The van der Waals surface area contributed by atoms with E-state index in [-0.39, 0.29) is 10.6 Å². The standard InChI is InChI=1S/C12H13N3O4S/c1-8-6-13-4-3-10(8)14-20(18,19)9-5-11(12(16)17)15(2)7-9/h3-7H,1-2H3,(H,13,14)(H,16,17). The molecule has 8 heteroatoms. The van der Waals surface area contributed by atoms with Gasteiger partial charge in [-0.1, -0.05) is 0 Å². The highest BCUT2D eigenvalue weighted by Crippen LogP contribution is 2.20. The summed E-state index contributed by atoms with van der Waals surface area (Å²) in [5.41, 5.74) is 0.975. The lowest BCUT2D eigenvalue weighted by Gasteiger charge is -2.08. The van der Waals surface area contributed by atoms with Crippen molar-refractivity contribution in [1.29, 1.82) is 0 Å². The lowest BCUT2D eigenvalue weighted by atomic mass is 10.3. The Morgan fingerprint density at radius 1 is 1.45 bits per heavy atom. The van der Waals surface area contributed by atoms with Crippen molar-refractivity contribution in [2.45, 2.75) is 11.8 Å². The number of aryl methyl sites for hydroxylation is 2. The number of aromatic carboxylic acids is 1. The first kappa shape index (κ1) is 14.1. The number of nitrogens with zero attached hydrogens (tertiary/aromatic N) is 2. The van der Waals surface area contributed by atoms with E-state index < -0.39 is 16.0 Å². The van der Waals surface area contributed by atoms with Gasteiger partial charge in [0.1, 0.15) is 10.6 Å². The van der Waals surface area contributed by atoms with E-state index in [9.17, 15) is 13.2 Å². The van der Waals surface area contributed by atoms with Gasteiger partial charge in [-0.3, -0.25) is 9.71 Å². The van der Waals surface area contributed by atoms with Crippen molar-refractivity contribution in [3.8, 4) is 0 Å². The van der Waals surface area contributed by atoms with Gasteiger partial charge in [0.25, 0.3) is 10.0 Å². The molecule has 0 aliphatic heterocycles. The van der Waals surface area contributed by atoms with Gasteiger partial charge in [-0.25, -0.2) is 13.2 Å². The van der Waals surface area contributed by atoms with Crippen LogP contribution in [0.3, 0.4) is 0 Å². The largest absolute Gasteiger partial charge is 0.477 e. The maximum Gasteiger partial charge on any atom is 0.352 e. The predicted molar refractivity (Wildman–Crippen MR) is 72.2 cm³/mol. The van der Waals surface area contributed by atoms with E-state index in [4.69, 9.17) is 5.11 Å². The van der Waals surface area contributed by atoms with Crippen LogP contribution in [0.15, 0.2) is 35.6 Å². The summed E-state index contributed by atoms with van der Waals surface area (Å²) >= 11 is 0. The molecule has 0 aliphatic rings. The average molecular weight is 295 g/mol. The highest BCUT2D eigenvalue weighted by atomic mass is 32.2. The van der Waals surface area contributed by atoms with E-state index >= 15 is 0 Å². The average Bonchev–Trinajstić information content (AvgIpc) is 2.75. The van der Waals surface area contributed by atoms with Crippen LogP contribution in [0.2, 0.25) is 0 Å². The fraction of sp³-hybridized carbons (Fsp3) is 0.167. The Balaban J connectivity index is 2.39. The molecular weight excluding hydrogens is 282 g/mol. The summed E-state index contributed by atoms with van der Waals surface area (Å²) in [5, 5.41) is 8.93. The molecule has 0 fully saturated rings. The Kier molecular flexibility index (Phi) is 3.49. The zero-order valence-electron chi connectivity index (χ0n) is 10.9. The molecule has 0 aliphatic carbocycles. The molecule has 0 bridgehead atoms. The van der Waals surface area contributed by atoms with E-state index in [2.05, 4.69) is 9.71 Å². The van der Waals surface area contributed by atoms with Crippen molar-refractivity contribution < 1.29 is 18.3 Å². The van der Waals surface area contributed by atoms with Crippen LogP contribution in [0.4, 0.5) is 5.69 Å². The molecule has 2 heterocycles. The van der Waals surface area contributed by atoms with E-state index in [0.29, 0.717) is 11.3 Å². The molecule has 0 saturated carbocycles. The van der Waals surface area contributed by atoms with Gasteiger partial charge in [0.05, 0.1) is 5.69 Å². The number of rotatable bonds is 4. The van der Waals surface area contributed by atoms with Gasteiger partial charge in [-0.2, -0.15) is 0 Å². The molecule has 20 heavy (non-hydrogen) atoms. The van der Waals surface area contributed by atoms with Crippen LogP contribution >= 0.6 is 0 Å². The van der Waals surface area contributed by atoms with Gasteiger partial charge < -0.3 is 9.67 Å². The van der Waals surface area contributed by atoms with E-state index in [1.54, 1.807) is 6.92 Å². The second kappa shape index (κ2) is 4.97. The predicted octanol–water partition coefficient (Wildman–Crippen LogP) is 1.23. The molecule has 0 radical (unpaired) electrons. The van der Waals surface area contributed by atoms with Gasteiger partial charge in [-0.05, 0) is 24.6 Å². The zero-order chi connectivity index (χ0) is 14.9. The highest BCUT2D eigenvalue weighted by Gasteiger charge is 2.20. The molecule has 0 atom stereocenters. The third kappa shape index (κ3) is 2.64. The maximum atomic E-state index is 12.2. The summed E-state index contributed by atoms with van der Waals surface area (Å²) in [7, 11) is -2.36. The molecule has 106 valence electrons. The fourth-order valence-corrected chi connectivity index (χ4v) is 2.89. The van der Waals surface area contributed by atoms with Crippen molar-refractivity contribution in [1.82, 2.24) is 9.55 Å². The second-order valence-electron chi connectivity index (χ2n) is 4.27. The van der Waals surface area contributed by atoms with Gasteiger partial charge >= 0.3 is 5.97 Å². The molecule has 2 aromatic heterocycles. The minimum absolute atomic E-state index is 0.100. The lowest BCUT2D eigenvalue weighted by Crippen LogP contribution is -2.13. The topological polar surface area (TPSA) is 101 Å². The van der Waals surface area contributed by atoms with Crippen LogP contribution in [-0.4, -0.2) is 29.0 Å². The third-order valence-electron chi connectivity index (χ3n) is 2.77. The smallest absolute Gasteiger partial charge is 0.352 e. The first-order valence-electron chi connectivity index (χ1n) is 5.64. The summed E-state index contributed by atoms with van der Waals surface area (Å²) < 4.78 is 28.1. The van der Waals surface area contributed by atoms with Crippen LogP contribution < -0.4 is 4.72 Å². The number of carbonyl (C=O) groups is 1. The van der Waals surface area contributed by atoms with Gasteiger partial charge in [0.15, 0.2) is 0 Å². The van der Waals surface area contributed by atoms with Crippen LogP contribution in [-0.2, 0) is 17.1 Å². The van der Waals surface area contributed by atoms with Crippen LogP contribution in [0.1, 0.15) is 16.1 Å². The molecule has 0 unspecified atom stereocenters. The van der Waals surface area contributed by atoms with Crippen molar-refractivity contribution in [2.75, 3.05) is 4.72 Å². The minimum atomic E-state index is -3.83. The molecule has 0 saturated heterocycles. The van der Waals surface area contributed by atoms with Gasteiger partial charge in [-0.15, -0.1) is 0 Å². The number of carboxylic acid groups (broad SMARTS) is 1. The summed E-state index contributed by atoms with van der Waals surface area (Å²) in [6.45, 7) is 1.72. The number of hydrogen-bond acceptors (Lipinski definition) is 4. The Labute approximate surface area is 115 Å². The Morgan fingerprint density at radius 3 is 2.70 bits per heavy atom. The van der Waals surface area contributed by atoms with Crippen molar-refractivity contribution >= 4 is 21.7 Å². The Bertz CT molecular complexity index is 765. The summed E-state index contributed by atoms with van der Waals surface area (Å²) in [5.74, 6) is -1.19. The van der Waals surface area contributed by atoms with E-state index in [1.807, 2.05) is 0 Å². The Hall–Kier alpha value is -2.35. The number of anilines is 1. The first-order chi connectivity index (χ1) is 9.31. The molecular formula is C12H13N3O4S. The number of carboxylic acids is 1. The number of nitrogens with one attached hydrogen (secondary N) is 1. The highest BCUT2D eigenvalue weighted by molar-refractivity contribution is 7.92. The maximum absolute atomic E-state index is 12.2. The van der Waals surface area contributed by atoms with Gasteiger partial charge in [0.2, 0.25) is 0 Å². The summed E-state index contributed by atoms with van der Waals surface area (Å²) in [6.07, 6.45) is 4.26. The number of sulfonamides is 1. The number of hydrogen-bond donors (Lipinski definition) is 2. The Morgan fingerprint density at radius 2 is 2.15 bits per heavy atom. The van der Waals surface area contributed by atoms with E-state index in [1.165, 1.54) is 36.3 Å². The van der Waals surface area contributed by atoms with Crippen LogP contribution in [0.25, 0.3) is 0 Å². The first-order valence-corrected chi connectivity index (χ1v) is 7.12. The van der Waals surface area contributed by atoms with Gasteiger partial charge in [0, 0.05) is 25.6 Å². The molecule has 2 N–H and O–H groups in total. The molecule has 2 rings (SSSR count). The van der Waals surface area contributed by atoms with Crippen LogP contribution in [0, 0.1) is 6.92 Å². The summed E-state index contributed by atoms with van der Waals surface area (Å²) in [4.78, 5) is 14.7. The van der Waals surface area contributed by atoms with Crippen LogP contribution in [0.5, 0.6) is 0 Å². The number of pyridine rings is 1. The minimum Gasteiger partial charge on any atom is -0.477 e. The molecule has 0 amide bonds. The second-order valence-corrected chi connectivity index (χ2v) is 5.96. The molecule has 0 aromatic carbocycles. The van der Waals surface area contributed by atoms with Crippen molar-refractivity contribution in [3.05, 3.63) is 42.0 Å². The van der Waals surface area contributed by atoms with Crippen molar-refractivity contribution in [2.24, 2.45) is 7.05 Å². The molecule has 2 aromatic rings. The third-order valence-corrected chi connectivity index (χ3v) is 4.11. The van der Waals surface area contributed by atoms with E-state index in [0.717, 1.165) is 6.07 Å². The quantitative estimate of drug-likeness (QED) is 0.883.